The van der Waals surface area contributed by atoms with Gasteiger partial charge in [-0.25, -0.2) is 0 Å². The van der Waals surface area contributed by atoms with Gasteiger partial charge in [0.05, 0.1) is 0 Å². The van der Waals surface area contributed by atoms with Crippen LogP contribution >= 0.6 is 34.2 Å². The maximum Gasteiger partial charge on any atom is 0.135 e. The second-order valence-electron chi connectivity index (χ2n) is 4.28. The van der Waals surface area contributed by atoms with Crippen LogP contribution in [0.15, 0.2) is 34.7 Å². The Morgan fingerprint density at radius 3 is 2.78 bits per heavy atom. The predicted molar refractivity (Wildman–Crippen MR) is 84.1 cm³/mol. The molecule has 0 saturated carbocycles. The van der Waals surface area contributed by atoms with Gasteiger partial charge in [-0.1, -0.05) is 11.6 Å². The molecule has 0 aliphatic carbocycles. The minimum atomic E-state index is 0.410. The van der Waals surface area contributed by atoms with Crippen molar-refractivity contribution in [2.45, 2.75) is 19.4 Å². The van der Waals surface area contributed by atoms with E-state index in [9.17, 15) is 0 Å². The highest BCUT2D eigenvalue weighted by molar-refractivity contribution is 14.1. The molecule has 2 rings (SSSR count). The van der Waals surface area contributed by atoms with Crippen LogP contribution in [0.5, 0.6) is 0 Å². The lowest BCUT2D eigenvalue weighted by Crippen LogP contribution is -2.23. The molecule has 0 fully saturated rings. The van der Waals surface area contributed by atoms with Gasteiger partial charge in [-0.15, -0.1) is 0 Å². The maximum atomic E-state index is 5.95. The van der Waals surface area contributed by atoms with Crippen molar-refractivity contribution >= 4 is 34.2 Å². The van der Waals surface area contributed by atoms with Gasteiger partial charge in [-0.05, 0) is 66.9 Å². The van der Waals surface area contributed by atoms with Crippen LogP contribution in [0.2, 0.25) is 5.02 Å². The molecule has 1 aromatic heterocycles. The highest BCUT2D eigenvalue weighted by Gasteiger charge is 2.10. The summed E-state index contributed by atoms with van der Waals surface area (Å²) in [5.41, 5.74) is 1.09. The highest BCUT2D eigenvalue weighted by Crippen LogP contribution is 2.29. The van der Waals surface area contributed by atoms with Gasteiger partial charge in [0.2, 0.25) is 0 Å². The van der Waals surface area contributed by atoms with Gasteiger partial charge in [0, 0.05) is 26.6 Å². The van der Waals surface area contributed by atoms with Gasteiger partial charge in [0.1, 0.15) is 11.5 Å². The van der Waals surface area contributed by atoms with Crippen molar-refractivity contribution in [2.24, 2.45) is 0 Å². The molecular formula is C14H15ClINO. The summed E-state index contributed by atoms with van der Waals surface area (Å²) in [4.78, 5) is 0. The topological polar surface area (TPSA) is 25.2 Å². The SMILES string of the molecule is CNC(C)Cc1ccc(-c2ccc(Cl)cc2I)o1. The fourth-order valence-electron chi connectivity index (χ4n) is 1.73. The van der Waals surface area contributed by atoms with Gasteiger partial charge in [0.25, 0.3) is 0 Å². The molecule has 1 aromatic carbocycles. The Kier molecular flexibility index (Phi) is 4.70. The molecule has 1 atom stereocenters. The van der Waals surface area contributed by atoms with E-state index in [0.717, 1.165) is 32.1 Å². The Morgan fingerprint density at radius 2 is 2.11 bits per heavy atom. The van der Waals surface area contributed by atoms with Crippen molar-refractivity contribution in [3.8, 4) is 11.3 Å². The molecule has 0 spiro atoms. The molecule has 1 heterocycles. The predicted octanol–water partition coefficient (Wildman–Crippen LogP) is 4.36. The van der Waals surface area contributed by atoms with Crippen LogP contribution < -0.4 is 5.32 Å². The van der Waals surface area contributed by atoms with Crippen molar-refractivity contribution in [1.82, 2.24) is 5.32 Å². The van der Waals surface area contributed by atoms with Crippen molar-refractivity contribution in [3.05, 3.63) is 44.7 Å². The van der Waals surface area contributed by atoms with E-state index in [-0.39, 0.29) is 0 Å². The Labute approximate surface area is 126 Å². The van der Waals surface area contributed by atoms with Gasteiger partial charge < -0.3 is 9.73 Å². The quantitative estimate of drug-likeness (QED) is 0.804. The van der Waals surface area contributed by atoms with Gasteiger partial charge in [-0.3, -0.25) is 0 Å². The van der Waals surface area contributed by atoms with E-state index in [1.54, 1.807) is 0 Å². The number of halogens is 2. The van der Waals surface area contributed by atoms with E-state index >= 15 is 0 Å². The molecule has 1 unspecified atom stereocenters. The Morgan fingerprint density at radius 1 is 1.33 bits per heavy atom. The highest BCUT2D eigenvalue weighted by atomic mass is 127. The first-order chi connectivity index (χ1) is 8.60. The lowest BCUT2D eigenvalue weighted by Gasteiger charge is -2.07. The molecule has 1 N–H and O–H groups in total. The molecule has 4 heteroatoms. The third-order valence-electron chi connectivity index (χ3n) is 2.86. The first-order valence-corrected chi connectivity index (χ1v) is 7.27. The average molecular weight is 376 g/mol. The molecule has 0 aliphatic rings. The van der Waals surface area contributed by atoms with Crippen LogP contribution in [0, 0.1) is 3.57 Å². The Balaban J connectivity index is 2.24. The summed E-state index contributed by atoms with van der Waals surface area (Å²) >= 11 is 8.23. The molecule has 0 amide bonds. The molecule has 96 valence electrons. The third kappa shape index (κ3) is 3.28. The fourth-order valence-corrected chi connectivity index (χ4v) is 2.86. The minimum Gasteiger partial charge on any atom is -0.461 e. The first-order valence-electron chi connectivity index (χ1n) is 5.81. The van der Waals surface area contributed by atoms with E-state index < -0.39 is 0 Å². The summed E-state index contributed by atoms with van der Waals surface area (Å²) in [5, 5.41) is 3.95. The van der Waals surface area contributed by atoms with Gasteiger partial charge in [-0.2, -0.15) is 0 Å². The summed E-state index contributed by atoms with van der Waals surface area (Å²) in [5.74, 6) is 1.90. The van der Waals surface area contributed by atoms with Crippen molar-refractivity contribution in [2.75, 3.05) is 7.05 Å². The zero-order valence-corrected chi connectivity index (χ0v) is 13.2. The number of furan rings is 1. The smallest absolute Gasteiger partial charge is 0.135 e. The summed E-state index contributed by atoms with van der Waals surface area (Å²) in [6.07, 6.45) is 0.890. The molecular weight excluding hydrogens is 361 g/mol. The second-order valence-corrected chi connectivity index (χ2v) is 5.88. The lowest BCUT2D eigenvalue weighted by atomic mass is 10.2. The fraction of sp³-hybridized carbons (Fsp3) is 0.286. The van der Waals surface area contributed by atoms with Gasteiger partial charge >= 0.3 is 0 Å². The number of hydrogen-bond acceptors (Lipinski definition) is 2. The van der Waals surface area contributed by atoms with Crippen molar-refractivity contribution in [1.29, 1.82) is 0 Å². The monoisotopic (exact) mass is 375 g/mol. The molecule has 2 nitrogen and oxygen atoms in total. The lowest BCUT2D eigenvalue weighted by molar-refractivity contribution is 0.481. The van der Waals surface area contributed by atoms with Gasteiger partial charge in [0.15, 0.2) is 0 Å². The number of hydrogen-bond donors (Lipinski definition) is 1. The number of benzene rings is 1. The van der Waals surface area contributed by atoms with Crippen LogP contribution in [0.1, 0.15) is 12.7 Å². The van der Waals surface area contributed by atoms with Crippen LogP contribution in [0.3, 0.4) is 0 Å². The van der Waals surface area contributed by atoms with Crippen LogP contribution in [-0.2, 0) is 6.42 Å². The van der Waals surface area contributed by atoms with E-state index in [1.165, 1.54) is 0 Å². The maximum absolute atomic E-state index is 5.95. The number of likely N-dealkylation sites (N-methyl/N-ethyl adjacent to an activating group) is 1. The van der Waals surface area contributed by atoms with E-state index in [4.69, 9.17) is 16.0 Å². The average Bonchev–Trinajstić information content (AvgIpc) is 2.77. The Hall–Kier alpha value is -0.520. The van der Waals surface area contributed by atoms with Crippen molar-refractivity contribution < 1.29 is 4.42 Å². The van der Waals surface area contributed by atoms with E-state index in [0.29, 0.717) is 6.04 Å². The largest absolute Gasteiger partial charge is 0.461 e. The van der Waals surface area contributed by atoms with Crippen LogP contribution in [-0.4, -0.2) is 13.1 Å². The van der Waals surface area contributed by atoms with Crippen molar-refractivity contribution in [3.63, 3.8) is 0 Å². The van der Waals surface area contributed by atoms with E-state index in [2.05, 4.69) is 34.8 Å². The zero-order chi connectivity index (χ0) is 13.1. The number of rotatable bonds is 4. The summed E-state index contributed by atoms with van der Waals surface area (Å²) in [7, 11) is 1.96. The summed E-state index contributed by atoms with van der Waals surface area (Å²) in [6.45, 7) is 2.13. The number of nitrogens with one attached hydrogen (secondary N) is 1. The Bertz CT molecular complexity index is 538. The molecule has 0 radical (unpaired) electrons. The summed E-state index contributed by atoms with van der Waals surface area (Å²) in [6, 6.07) is 10.3. The second kappa shape index (κ2) is 6.08. The molecule has 2 aromatic rings. The standard InChI is InChI=1S/C14H15ClINO/c1-9(17-2)7-11-4-6-14(18-11)12-5-3-10(15)8-13(12)16/h3-6,8-9,17H,7H2,1-2H3. The molecule has 0 aliphatic heterocycles. The molecule has 0 bridgehead atoms. The van der Waals surface area contributed by atoms with Crippen LogP contribution in [0.25, 0.3) is 11.3 Å². The van der Waals surface area contributed by atoms with Crippen LogP contribution in [0.4, 0.5) is 0 Å². The molecule has 18 heavy (non-hydrogen) atoms. The minimum absolute atomic E-state index is 0.410. The normalized spacial score (nSPS) is 12.7. The first kappa shape index (κ1) is 13.9. The summed E-state index contributed by atoms with van der Waals surface area (Å²) < 4.78 is 6.97. The third-order valence-corrected chi connectivity index (χ3v) is 3.99. The molecule has 0 saturated heterocycles. The van der Waals surface area contributed by atoms with E-state index in [1.807, 2.05) is 37.4 Å². The zero-order valence-electron chi connectivity index (χ0n) is 10.3.